The van der Waals surface area contributed by atoms with Crippen LogP contribution in [0.1, 0.15) is 90.7 Å². The normalized spacial score (nSPS) is 12.0. The Kier molecular flexibility index (Phi) is 16.5. The minimum absolute atomic E-state index is 0.166. The Hall–Kier alpha value is -7.80. The van der Waals surface area contributed by atoms with E-state index in [0.717, 1.165) is 19.3 Å². The largest absolute Gasteiger partial charge is 0.0991 e. The van der Waals surface area contributed by atoms with Crippen molar-refractivity contribution in [2.45, 2.75) is 73.6 Å². The summed E-state index contributed by atoms with van der Waals surface area (Å²) >= 11 is 0. The van der Waals surface area contributed by atoms with Gasteiger partial charge in [-0.3, -0.25) is 0 Å². The topological polar surface area (TPSA) is 0 Å². The second-order valence-corrected chi connectivity index (χ2v) is 19.1. The van der Waals surface area contributed by atoms with Crippen LogP contribution in [0.25, 0.3) is 33.4 Å². The second-order valence-electron chi connectivity index (χ2n) is 19.1. The second kappa shape index (κ2) is 23.7. The van der Waals surface area contributed by atoms with Crippen LogP contribution in [0.5, 0.6) is 0 Å². The van der Waals surface area contributed by atoms with Crippen molar-refractivity contribution in [2.24, 2.45) is 0 Å². The maximum atomic E-state index is 3.93. The molecule has 0 heteroatoms. The molecule has 1 atom stereocenters. The molecular weight excluding hydrogens is 853 g/mol. The Morgan fingerprint density at radius 3 is 1.72 bits per heavy atom. The molecule has 9 aromatic rings. The number of allylic oxidation sites excluding steroid dienone is 5. The lowest BCUT2D eigenvalue weighted by atomic mass is 9.82. The number of rotatable bonds is 11. The molecule has 0 heterocycles. The minimum Gasteiger partial charge on any atom is -0.0991 e. The van der Waals surface area contributed by atoms with E-state index in [-0.39, 0.29) is 5.92 Å². The highest BCUT2D eigenvalue weighted by molar-refractivity contribution is 5.81. The average molecular weight is 921 g/mol. The summed E-state index contributed by atoms with van der Waals surface area (Å²) in [5, 5.41) is 0. The van der Waals surface area contributed by atoms with Crippen LogP contribution >= 0.6 is 0 Å². The maximum absolute atomic E-state index is 3.93. The molecule has 0 aliphatic heterocycles. The third kappa shape index (κ3) is 12.0. The molecular formula is C71H68. The average Bonchev–Trinajstić information content (AvgIpc) is 3.78. The number of hydrogen-bond acceptors (Lipinski definition) is 0. The van der Waals surface area contributed by atoms with Crippen LogP contribution in [0.2, 0.25) is 0 Å². The fourth-order valence-corrected chi connectivity index (χ4v) is 10.2. The Labute approximate surface area is 425 Å². The van der Waals surface area contributed by atoms with Gasteiger partial charge in [0.2, 0.25) is 0 Å². The smallest absolute Gasteiger partial charge is 0.0340 e. The monoisotopic (exact) mass is 921 g/mol. The Morgan fingerprint density at radius 1 is 0.451 bits per heavy atom. The van der Waals surface area contributed by atoms with Crippen molar-refractivity contribution in [2.75, 3.05) is 0 Å². The first-order chi connectivity index (χ1) is 34.6. The number of hydrogen-bond donors (Lipinski definition) is 0. The van der Waals surface area contributed by atoms with E-state index in [1.54, 1.807) is 0 Å². The lowest BCUT2D eigenvalue weighted by Gasteiger charge is -2.22. The van der Waals surface area contributed by atoms with E-state index in [9.17, 15) is 0 Å². The van der Waals surface area contributed by atoms with Crippen molar-refractivity contribution in [3.8, 4) is 33.4 Å². The molecule has 352 valence electrons. The third-order valence-corrected chi connectivity index (χ3v) is 14.1. The van der Waals surface area contributed by atoms with Crippen LogP contribution in [0, 0.1) is 41.5 Å². The van der Waals surface area contributed by atoms with E-state index in [1.807, 2.05) is 6.08 Å². The van der Waals surface area contributed by atoms with Crippen molar-refractivity contribution in [1.82, 2.24) is 0 Å². The Balaban J connectivity index is 0.000000150. The number of aryl methyl sites for hydroxylation is 5. The van der Waals surface area contributed by atoms with E-state index >= 15 is 0 Å². The van der Waals surface area contributed by atoms with Gasteiger partial charge in [-0.2, -0.15) is 0 Å². The van der Waals surface area contributed by atoms with Gasteiger partial charge in [0.1, 0.15) is 0 Å². The molecule has 0 bridgehead atoms. The van der Waals surface area contributed by atoms with Crippen LogP contribution in [-0.4, -0.2) is 0 Å². The van der Waals surface area contributed by atoms with Crippen LogP contribution in [0.3, 0.4) is 0 Å². The molecule has 0 fully saturated rings. The van der Waals surface area contributed by atoms with E-state index < -0.39 is 0 Å². The first-order valence-corrected chi connectivity index (χ1v) is 25.2. The van der Waals surface area contributed by atoms with Crippen LogP contribution in [-0.2, 0) is 19.3 Å². The summed E-state index contributed by atoms with van der Waals surface area (Å²) < 4.78 is 0. The molecule has 0 radical (unpaired) electrons. The highest BCUT2D eigenvalue weighted by Crippen LogP contribution is 2.41. The summed E-state index contributed by atoms with van der Waals surface area (Å²) in [6.07, 6.45) is 11.3. The highest BCUT2D eigenvalue weighted by atomic mass is 14.3. The van der Waals surface area contributed by atoms with Crippen LogP contribution in [0.4, 0.5) is 0 Å². The van der Waals surface area contributed by atoms with E-state index in [1.165, 1.54) is 117 Å². The zero-order valence-corrected chi connectivity index (χ0v) is 42.8. The predicted octanol–water partition coefficient (Wildman–Crippen LogP) is 18.8. The molecule has 0 nitrogen and oxygen atoms in total. The van der Waals surface area contributed by atoms with Crippen LogP contribution in [0.15, 0.2) is 243 Å². The summed E-state index contributed by atoms with van der Waals surface area (Å²) in [6, 6.07) is 74.6. The fraction of sp³-hybridized carbons (Fsp3) is 0.155. The molecule has 9 aromatic carbocycles. The Bertz CT molecular complexity index is 3300. The molecule has 1 aliphatic carbocycles. The standard InChI is InChI=1S/C28H24.C28H28.C15H16/c1-19-14-15-22(27(16-19)25-12-5-3-8-20(25)2)18-24-11-7-10-23-17-21-9-4-6-13-26(21)28(23)24;1-5-12-23(13-6-2)28(24-15-8-7-9-16-24)25-19-18-22(4)27(20-25)26-17-11-10-14-21(26)3;1-12-7-6-10-15(13(12)2)11-14-8-4-3-5-9-14/h3-16H,17-18H2,1-2H3;5-20,28H,1H2,2-4H3;3-10H,11H2,1-2H3/b;13-6-,23-12+;. The minimum atomic E-state index is 0.166. The van der Waals surface area contributed by atoms with Crippen molar-refractivity contribution >= 4 is 0 Å². The van der Waals surface area contributed by atoms with Gasteiger partial charge >= 0.3 is 0 Å². The molecule has 0 amide bonds. The zero-order valence-electron chi connectivity index (χ0n) is 42.8. The van der Waals surface area contributed by atoms with Crippen molar-refractivity contribution < 1.29 is 0 Å². The third-order valence-electron chi connectivity index (χ3n) is 14.1. The molecule has 0 saturated heterocycles. The lowest BCUT2D eigenvalue weighted by molar-refractivity contribution is 0.975. The van der Waals surface area contributed by atoms with E-state index in [0.29, 0.717) is 0 Å². The summed E-state index contributed by atoms with van der Waals surface area (Å²) in [4.78, 5) is 0. The molecule has 71 heavy (non-hydrogen) atoms. The molecule has 0 aromatic heterocycles. The van der Waals surface area contributed by atoms with Gasteiger partial charge < -0.3 is 0 Å². The van der Waals surface area contributed by atoms with Crippen molar-refractivity contribution in [3.05, 3.63) is 321 Å². The van der Waals surface area contributed by atoms with Gasteiger partial charge in [0, 0.05) is 5.92 Å². The molecule has 10 rings (SSSR count). The van der Waals surface area contributed by atoms with Gasteiger partial charge in [0.25, 0.3) is 0 Å². The van der Waals surface area contributed by atoms with Gasteiger partial charge in [-0.1, -0.05) is 237 Å². The SMILES string of the molecule is C=C/C=C(\C=C/C)C(c1ccccc1)c1ccc(C)c(-c2ccccc2C)c1.Cc1ccc(Cc2cccc3c2-c2ccccc2C3)c(-c2ccccc2C)c1.Cc1cccc(Cc2ccccc2)c1C. The molecule has 1 aliphatic rings. The van der Waals surface area contributed by atoms with Gasteiger partial charge in [-0.15, -0.1) is 0 Å². The summed E-state index contributed by atoms with van der Waals surface area (Å²) in [5.41, 5.74) is 28.6. The molecule has 1 unspecified atom stereocenters. The molecule has 0 spiro atoms. The predicted molar refractivity (Wildman–Crippen MR) is 307 cm³/mol. The summed E-state index contributed by atoms with van der Waals surface area (Å²) in [7, 11) is 0. The van der Waals surface area contributed by atoms with Crippen LogP contribution < -0.4 is 0 Å². The van der Waals surface area contributed by atoms with Gasteiger partial charge in [-0.25, -0.2) is 0 Å². The van der Waals surface area contributed by atoms with Crippen molar-refractivity contribution in [1.29, 1.82) is 0 Å². The summed E-state index contributed by atoms with van der Waals surface area (Å²) in [5.74, 6) is 0.166. The summed E-state index contributed by atoms with van der Waals surface area (Å²) in [6.45, 7) is 19.1. The fourth-order valence-electron chi connectivity index (χ4n) is 10.2. The van der Waals surface area contributed by atoms with Crippen molar-refractivity contribution in [3.63, 3.8) is 0 Å². The number of benzene rings is 9. The molecule has 0 saturated carbocycles. The zero-order chi connectivity index (χ0) is 49.7. The highest BCUT2D eigenvalue weighted by Gasteiger charge is 2.22. The molecule has 0 N–H and O–H groups in total. The Morgan fingerprint density at radius 2 is 1.03 bits per heavy atom. The number of fused-ring (bicyclic) bond motifs is 3. The quantitative estimate of drug-likeness (QED) is 0.113. The van der Waals surface area contributed by atoms with Gasteiger partial charge in [0.15, 0.2) is 0 Å². The van der Waals surface area contributed by atoms with E-state index in [2.05, 4.69) is 280 Å². The first kappa shape index (κ1) is 49.6. The van der Waals surface area contributed by atoms with Gasteiger partial charge in [0.05, 0.1) is 0 Å². The lowest BCUT2D eigenvalue weighted by Crippen LogP contribution is -2.04. The van der Waals surface area contributed by atoms with E-state index in [4.69, 9.17) is 0 Å². The maximum Gasteiger partial charge on any atom is 0.0340 e. The first-order valence-electron chi connectivity index (χ1n) is 25.2. The van der Waals surface area contributed by atoms with Gasteiger partial charge in [-0.05, 0) is 185 Å².